The molecule has 174 valence electrons. The first kappa shape index (κ1) is 23.8. The number of alkyl halides is 6. The van der Waals surface area contributed by atoms with Crippen LogP contribution in [0.4, 0.5) is 26.3 Å². The van der Waals surface area contributed by atoms with Crippen molar-refractivity contribution >= 4 is 11.8 Å². The predicted octanol–water partition coefficient (Wildman–Crippen LogP) is 4.60. The number of amides is 2. The first-order chi connectivity index (χ1) is 15.3. The summed E-state index contributed by atoms with van der Waals surface area (Å²) in [4.78, 5) is 24.7. The molecule has 12 heteroatoms. The summed E-state index contributed by atoms with van der Waals surface area (Å²) in [5, 5.41) is 3.46. The lowest BCUT2D eigenvalue weighted by Crippen LogP contribution is -2.42. The van der Waals surface area contributed by atoms with Crippen LogP contribution in [-0.4, -0.2) is 21.6 Å². The van der Waals surface area contributed by atoms with E-state index >= 15 is 0 Å². The normalized spacial score (nSPS) is 11.9. The maximum Gasteiger partial charge on any atom is 0.434 e. The lowest BCUT2D eigenvalue weighted by Gasteiger charge is -2.14. The molecule has 2 aromatic carbocycles. The fourth-order valence-corrected chi connectivity index (χ4v) is 3.11. The molecule has 0 unspecified atom stereocenters. The third-order valence-corrected chi connectivity index (χ3v) is 4.62. The van der Waals surface area contributed by atoms with Crippen LogP contribution >= 0.6 is 0 Å². The molecule has 2 N–H and O–H groups in total. The minimum absolute atomic E-state index is 0.191. The average molecular weight is 470 g/mol. The van der Waals surface area contributed by atoms with E-state index in [0.29, 0.717) is 23.9 Å². The minimum Gasteiger partial charge on any atom is -0.267 e. The number of rotatable bonds is 3. The first-order valence-electron chi connectivity index (χ1n) is 9.30. The lowest BCUT2D eigenvalue weighted by atomic mass is 10.1. The zero-order valence-corrected chi connectivity index (χ0v) is 17.1. The highest BCUT2D eigenvalue weighted by atomic mass is 19.4. The van der Waals surface area contributed by atoms with Crippen molar-refractivity contribution in [3.63, 3.8) is 0 Å². The monoisotopic (exact) mass is 470 g/mol. The maximum atomic E-state index is 13.7. The summed E-state index contributed by atoms with van der Waals surface area (Å²) in [6.07, 6.45) is -9.38. The summed E-state index contributed by atoms with van der Waals surface area (Å²) in [6, 6.07) is 7.91. The molecule has 0 atom stereocenters. The van der Waals surface area contributed by atoms with Gasteiger partial charge in [-0.15, -0.1) is 0 Å². The van der Waals surface area contributed by atoms with Gasteiger partial charge in [-0.2, -0.15) is 31.4 Å². The van der Waals surface area contributed by atoms with E-state index in [2.05, 4.69) is 5.10 Å². The molecule has 0 aliphatic rings. The highest BCUT2D eigenvalue weighted by Gasteiger charge is 2.41. The molecule has 0 radical (unpaired) electrons. The quantitative estimate of drug-likeness (QED) is 0.434. The molecule has 1 heterocycles. The number of hydrogen-bond donors (Lipinski definition) is 2. The Bertz CT molecular complexity index is 1210. The predicted molar refractivity (Wildman–Crippen MR) is 104 cm³/mol. The molecule has 0 aliphatic carbocycles. The summed E-state index contributed by atoms with van der Waals surface area (Å²) in [5.74, 6) is -2.11. The smallest absolute Gasteiger partial charge is 0.267 e. The zero-order chi connectivity index (χ0) is 24.6. The number of carbonyl (C=O) groups excluding carboxylic acids is 2. The molecule has 0 saturated carbocycles. The van der Waals surface area contributed by atoms with Gasteiger partial charge in [-0.1, -0.05) is 23.8 Å². The number of halogens is 6. The van der Waals surface area contributed by atoms with E-state index in [4.69, 9.17) is 0 Å². The van der Waals surface area contributed by atoms with Crippen molar-refractivity contribution in [2.45, 2.75) is 26.2 Å². The van der Waals surface area contributed by atoms with Crippen molar-refractivity contribution < 1.29 is 35.9 Å². The van der Waals surface area contributed by atoms with Gasteiger partial charge in [-0.3, -0.25) is 20.4 Å². The number of hydrazine groups is 1. The van der Waals surface area contributed by atoms with Crippen LogP contribution in [0, 0.1) is 13.8 Å². The van der Waals surface area contributed by atoms with Crippen LogP contribution in [0.2, 0.25) is 0 Å². The van der Waals surface area contributed by atoms with Crippen molar-refractivity contribution in [3.8, 4) is 5.69 Å². The molecule has 1 aromatic heterocycles. The molecule has 0 saturated heterocycles. The molecule has 3 aromatic rings. The van der Waals surface area contributed by atoms with E-state index in [1.807, 2.05) is 10.9 Å². The second kappa shape index (κ2) is 8.60. The van der Waals surface area contributed by atoms with Crippen LogP contribution in [0.1, 0.15) is 43.1 Å². The SMILES string of the molecule is Cc1ccc(C(=O)NNC(=O)c2cnn(-c3cccc(C(F)(F)F)c3)c2C(F)(F)F)c(C)c1. The third-order valence-electron chi connectivity index (χ3n) is 4.62. The van der Waals surface area contributed by atoms with Gasteiger partial charge in [-0.25, -0.2) is 4.68 Å². The molecule has 2 amide bonds. The van der Waals surface area contributed by atoms with E-state index in [1.54, 1.807) is 26.0 Å². The molecule has 33 heavy (non-hydrogen) atoms. The largest absolute Gasteiger partial charge is 0.434 e. The second-order valence-corrected chi connectivity index (χ2v) is 7.09. The van der Waals surface area contributed by atoms with Crippen molar-refractivity contribution in [1.82, 2.24) is 20.6 Å². The molecular formula is C21H16F6N4O2. The van der Waals surface area contributed by atoms with Crippen molar-refractivity contribution in [2.24, 2.45) is 0 Å². The van der Waals surface area contributed by atoms with Crippen molar-refractivity contribution in [2.75, 3.05) is 0 Å². The number of aryl methyl sites for hydroxylation is 2. The van der Waals surface area contributed by atoms with Crippen LogP contribution in [0.3, 0.4) is 0 Å². The van der Waals surface area contributed by atoms with Crippen LogP contribution in [-0.2, 0) is 12.4 Å². The van der Waals surface area contributed by atoms with E-state index in [9.17, 15) is 35.9 Å². The van der Waals surface area contributed by atoms with Gasteiger partial charge in [0.1, 0.15) is 0 Å². The summed E-state index contributed by atoms with van der Waals surface area (Å²) >= 11 is 0. The number of nitrogens with one attached hydrogen (secondary N) is 2. The Morgan fingerprint density at radius 3 is 2.06 bits per heavy atom. The van der Waals surface area contributed by atoms with E-state index in [1.165, 1.54) is 6.07 Å². The van der Waals surface area contributed by atoms with Gasteiger partial charge in [0.25, 0.3) is 11.8 Å². The Morgan fingerprint density at radius 1 is 0.848 bits per heavy atom. The molecule has 0 aliphatic heterocycles. The number of nitrogens with zero attached hydrogens (tertiary/aromatic N) is 2. The van der Waals surface area contributed by atoms with Gasteiger partial charge >= 0.3 is 12.4 Å². The Hall–Kier alpha value is -3.83. The van der Waals surface area contributed by atoms with Gasteiger partial charge in [0.05, 0.1) is 23.0 Å². The minimum atomic E-state index is -5.14. The molecule has 0 bridgehead atoms. The average Bonchev–Trinajstić information content (AvgIpc) is 3.17. The zero-order valence-electron chi connectivity index (χ0n) is 17.1. The number of benzene rings is 2. The number of carbonyl (C=O) groups is 2. The fraction of sp³-hybridized carbons (Fsp3) is 0.190. The summed E-state index contributed by atoms with van der Waals surface area (Å²) < 4.78 is 80.3. The van der Waals surface area contributed by atoms with E-state index < -0.39 is 46.7 Å². The highest BCUT2D eigenvalue weighted by molar-refractivity contribution is 6.00. The second-order valence-electron chi connectivity index (χ2n) is 7.09. The Labute approximate surface area is 183 Å². The Morgan fingerprint density at radius 2 is 1.48 bits per heavy atom. The van der Waals surface area contributed by atoms with Crippen LogP contribution < -0.4 is 10.9 Å². The standard InChI is InChI=1S/C21H16F6N4O2/c1-11-6-7-15(12(2)8-11)18(32)29-30-19(33)16-10-28-31(17(16)21(25,26)27)14-5-3-4-13(9-14)20(22,23)24/h3-10H,1-2H3,(H,29,32)(H,30,33). The fourth-order valence-electron chi connectivity index (χ4n) is 3.11. The van der Waals surface area contributed by atoms with Crippen LogP contribution in [0.5, 0.6) is 0 Å². The molecular weight excluding hydrogens is 454 g/mol. The highest BCUT2D eigenvalue weighted by Crippen LogP contribution is 2.35. The van der Waals surface area contributed by atoms with Gasteiger partial charge in [0.15, 0.2) is 5.69 Å². The molecule has 6 nitrogen and oxygen atoms in total. The lowest BCUT2D eigenvalue weighted by molar-refractivity contribution is -0.143. The number of aromatic nitrogens is 2. The van der Waals surface area contributed by atoms with Gasteiger partial charge in [0, 0.05) is 5.56 Å². The van der Waals surface area contributed by atoms with E-state index in [0.717, 1.165) is 17.7 Å². The molecule has 0 spiro atoms. The molecule has 0 fully saturated rings. The Kier molecular flexibility index (Phi) is 6.21. The summed E-state index contributed by atoms with van der Waals surface area (Å²) in [5.41, 5.74) is 1.24. The van der Waals surface area contributed by atoms with Gasteiger partial charge in [0.2, 0.25) is 0 Å². The topological polar surface area (TPSA) is 76.0 Å². The van der Waals surface area contributed by atoms with Crippen LogP contribution in [0.15, 0.2) is 48.7 Å². The van der Waals surface area contributed by atoms with Crippen LogP contribution in [0.25, 0.3) is 5.69 Å². The third kappa shape index (κ3) is 5.16. The van der Waals surface area contributed by atoms with Crippen molar-refractivity contribution in [1.29, 1.82) is 0 Å². The summed E-state index contributed by atoms with van der Waals surface area (Å²) in [7, 11) is 0. The van der Waals surface area contributed by atoms with Gasteiger partial charge < -0.3 is 0 Å². The van der Waals surface area contributed by atoms with Crippen molar-refractivity contribution in [3.05, 3.63) is 82.2 Å². The first-order valence-corrected chi connectivity index (χ1v) is 9.30. The maximum absolute atomic E-state index is 13.7. The molecule has 3 rings (SSSR count). The number of hydrogen-bond acceptors (Lipinski definition) is 3. The summed E-state index contributed by atoms with van der Waals surface area (Å²) in [6.45, 7) is 3.45. The van der Waals surface area contributed by atoms with E-state index in [-0.39, 0.29) is 10.2 Å². The van der Waals surface area contributed by atoms with Gasteiger partial charge in [-0.05, 0) is 43.7 Å². The Balaban J connectivity index is 1.90.